The molecule has 0 unspecified atom stereocenters. The number of rotatable bonds is 6. The Hall–Kier alpha value is -4.21. The summed E-state index contributed by atoms with van der Waals surface area (Å²) in [4.78, 5) is 16.4. The number of carbonyl (C=O) groups excluding carboxylic acids is 1. The average Bonchev–Trinajstić information content (AvgIpc) is 3.58. The van der Waals surface area contributed by atoms with Crippen LogP contribution in [0, 0.1) is 13.8 Å². The van der Waals surface area contributed by atoms with Crippen molar-refractivity contribution in [2.45, 2.75) is 33.2 Å². The van der Waals surface area contributed by atoms with E-state index in [0.717, 1.165) is 67.3 Å². The van der Waals surface area contributed by atoms with E-state index < -0.39 is 5.54 Å². The summed E-state index contributed by atoms with van der Waals surface area (Å²) in [5, 5.41) is 17.4. The van der Waals surface area contributed by atoms with E-state index in [4.69, 9.17) is 4.74 Å². The van der Waals surface area contributed by atoms with Gasteiger partial charge in [-0.15, -0.1) is 10.2 Å². The van der Waals surface area contributed by atoms with Crippen LogP contribution >= 0.6 is 27.3 Å². The lowest BCUT2D eigenvalue weighted by Crippen LogP contribution is -2.47. The smallest absolute Gasteiger partial charge is 0.261 e. The standard InChI is InChI=1S/C34H30BrN5O2S/c1-5-36-27-17-29-25(15-19(27)3)34(26-16-20(4)28(37-6-2)18-30(26)42-29)24-10-8-7-9-23(24)32(41)40(34)33-39-38-31(43-33)21-11-13-22(35)14-12-21/h7-18,36-37H,5-6H2,1-4H3. The Labute approximate surface area is 263 Å². The molecule has 0 radical (unpaired) electrons. The highest BCUT2D eigenvalue weighted by atomic mass is 79.9. The number of aryl methyl sites for hydroxylation is 2. The molecule has 0 saturated carbocycles. The summed E-state index contributed by atoms with van der Waals surface area (Å²) in [5.41, 5.74) is 7.39. The van der Waals surface area contributed by atoms with E-state index in [1.54, 1.807) is 0 Å². The third-order valence-electron chi connectivity index (χ3n) is 8.17. The Morgan fingerprint density at radius 3 is 2.05 bits per heavy atom. The number of ether oxygens (including phenoxy) is 1. The molecule has 3 heterocycles. The van der Waals surface area contributed by atoms with Gasteiger partial charge < -0.3 is 15.4 Å². The van der Waals surface area contributed by atoms with E-state index in [1.807, 2.05) is 47.4 Å². The number of hydrogen-bond acceptors (Lipinski definition) is 7. The first-order valence-electron chi connectivity index (χ1n) is 14.4. The second-order valence-corrected chi connectivity index (χ2v) is 12.7. The maximum Gasteiger partial charge on any atom is 0.261 e. The second kappa shape index (κ2) is 10.5. The molecular formula is C34H30BrN5O2S. The number of amides is 1. The summed E-state index contributed by atoms with van der Waals surface area (Å²) in [6.45, 7) is 9.89. The van der Waals surface area contributed by atoms with Crippen LogP contribution in [0.25, 0.3) is 10.6 Å². The molecule has 4 aromatic carbocycles. The van der Waals surface area contributed by atoms with E-state index in [2.05, 4.69) is 94.8 Å². The van der Waals surface area contributed by atoms with Crippen LogP contribution in [0.3, 0.4) is 0 Å². The van der Waals surface area contributed by atoms with Crippen LogP contribution in [-0.4, -0.2) is 29.2 Å². The fourth-order valence-corrected chi connectivity index (χ4v) is 7.46. The minimum atomic E-state index is -1.02. The lowest BCUT2D eigenvalue weighted by molar-refractivity contribution is 0.0985. The average molecular weight is 653 g/mol. The van der Waals surface area contributed by atoms with Crippen molar-refractivity contribution in [3.63, 3.8) is 0 Å². The first-order valence-corrected chi connectivity index (χ1v) is 16.0. The van der Waals surface area contributed by atoms with Gasteiger partial charge in [-0.3, -0.25) is 9.69 Å². The van der Waals surface area contributed by atoms with E-state index in [9.17, 15) is 4.79 Å². The van der Waals surface area contributed by atoms with Crippen molar-refractivity contribution in [3.8, 4) is 22.1 Å². The molecule has 0 atom stereocenters. The second-order valence-electron chi connectivity index (χ2n) is 10.8. The lowest BCUT2D eigenvalue weighted by Gasteiger charge is -2.43. The fourth-order valence-electron chi connectivity index (χ4n) is 6.29. The van der Waals surface area contributed by atoms with Gasteiger partial charge >= 0.3 is 0 Å². The first-order chi connectivity index (χ1) is 20.9. The molecule has 216 valence electrons. The summed E-state index contributed by atoms with van der Waals surface area (Å²) in [6.07, 6.45) is 0. The fraction of sp³-hybridized carbons (Fsp3) is 0.206. The van der Waals surface area contributed by atoms with Gasteiger partial charge in [0.1, 0.15) is 22.0 Å². The predicted molar refractivity (Wildman–Crippen MR) is 177 cm³/mol. The maximum absolute atomic E-state index is 14.6. The summed E-state index contributed by atoms with van der Waals surface area (Å²) in [6, 6.07) is 24.3. The van der Waals surface area contributed by atoms with Gasteiger partial charge in [0.2, 0.25) is 5.13 Å². The van der Waals surface area contributed by atoms with Crippen LogP contribution in [0.5, 0.6) is 11.5 Å². The number of nitrogens with one attached hydrogen (secondary N) is 2. The first kappa shape index (κ1) is 27.6. The zero-order valence-corrected chi connectivity index (χ0v) is 26.7. The predicted octanol–water partition coefficient (Wildman–Crippen LogP) is 8.51. The highest BCUT2D eigenvalue weighted by molar-refractivity contribution is 9.10. The van der Waals surface area contributed by atoms with Crippen molar-refractivity contribution in [3.05, 3.63) is 111 Å². The van der Waals surface area contributed by atoms with E-state index in [-0.39, 0.29) is 5.91 Å². The van der Waals surface area contributed by atoms with Crippen LogP contribution < -0.4 is 20.3 Å². The Morgan fingerprint density at radius 2 is 1.44 bits per heavy atom. The largest absolute Gasteiger partial charge is 0.456 e. The molecule has 7 nitrogen and oxygen atoms in total. The molecule has 1 aromatic heterocycles. The van der Waals surface area contributed by atoms with Crippen molar-refractivity contribution in [1.29, 1.82) is 0 Å². The Kier molecular flexibility index (Phi) is 6.74. The van der Waals surface area contributed by atoms with Crippen molar-refractivity contribution < 1.29 is 9.53 Å². The molecule has 0 aliphatic carbocycles. The number of carbonyl (C=O) groups is 1. The number of fused-ring (bicyclic) bond motifs is 6. The zero-order valence-electron chi connectivity index (χ0n) is 24.3. The molecule has 2 aliphatic rings. The van der Waals surface area contributed by atoms with E-state index >= 15 is 0 Å². The van der Waals surface area contributed by atoms with Crippen LogP contribution in [0.2, 0.25) is 0 Å². The third kappa shape index (κ3) is 4.17. The van der Waals surface area contributed by atoms with Gasteiger partial charge in [-0.2, -0.15) is 0 Å². The highest BCUT2D eigenvalue weighted by Crippen LogP contribution is 2.60. The summed E-state index contributed by atoms with van der Waals surface area (Å²) >= 11 is 4.93. The van der Waals surface area contributed by atoms with Crippen LogP contribution in [0.1, 0.15) is 52.0 Å². The van der Waals surface area contributed by atoms with Gasteiger partial charge in [-0.05, 0) is 69.2 Å². The maximum atomic E-state index is 14.6. The third-order valence-corrected chi connectivity index (χ3v) is 9.66. The Morgan fingerprint density at radius 1 is 0.837 bits per heavy atom. The molecule has 0 saturated heterocycles. The monoisotopic (exact) mass is 651 g/mol. The van der Waals surface area contributed by atoms with Gasteiger partial charge in [0.25, 0.3) is 5.91 Å². The number of hydrogen-bond donors (Lipinski definition) is 2. The summed E-state index contributed by atoms with van der Waals surface area (Å²) < 4.78 is 7.70. The molecule has 1 amide bonds. The van der Waals surface area contributed by atoms with Crippen molar-refractivity contribution in [2.24, 2.45) is 0 Å². The van der Waals surface area contributed by atoms with Crippen molar-refractivity contribution in [2.75, 3.05) is 28.6 Å². The lowest BCUT2D eigenvalue weighted by atomic mass is 9.74. The normalized spacial score (nSPS) is 14.3. The molecule has 0 fully saturated rings. The number of anilines is 3. The molecule has 2 aliphatic heterocycles. The van der Waals surface area contributed by atoms with Crippen LogP contribution in [0.4, 0.5) is 16.5 Å². The van der Waals surface area contributed by atoms with Gasteiger partial charge in [-0.25, -0.2) is 0 Å². The molecule has 2 N–H and O–H groups in total. The van der Waals surface area contributed by atoms with E-state index in [1.165, 1.54) is 11.3 Å². The molecule has 1 spiro atoms. The SMILES string of the molecule is CCNc1cc2c(cc1C)C1(c3cc(C)c(NCC)cc3O2)c2ccccc2C(=O)N1c1nnc(-c2ccc(Br)cc2)s1. The van der Waals surface area contributed by atoms with Gasteiger partial charge in [0.05, 0.1) is 0 Å². The number of benzene rings is 4. The Balaban J connectivity index is 1.55. The molecule has 9 heteroatoms. The molecule has 0 bridgehead atoms. The minimum absolute atomic E-state index is 0.116. The molecule has 5 aromatic rings. The van der Waals surface area contributed by atoms with Crippen LogP contribution in [0.15, 0.2) is 77.3 Å². The zero-order chi connectivity index (χ0) is 29.9. The molecule has 43 heavy (non-hydrogen) atoms. The quantitative estimate of drug-likeness (QED) is 0.192. The Bertz CT molecular complexity index is 1840. The van der Waals surface area contributed by atoms with E-state index in [0.29, 0.717) is 22.2 Å². The van der Waals surface area contributed by atoms with Crippen LogP contribution in [-0.2, 0) is 5.54 Å². The highest BCUT2D eigenvalue weighted by Gasteiger charge is 2.58. The summed E-state index contributed by atoms with van der Waals surface area (Å²) in [5.74, 6) is 1.29. The van der Waals surface area contributed by atoms with Gasteiger partial charge in [0.15, 0.2) is 0 Å². The van der Waals surface area contributed by atoms with Crippen molar-refractivity contribution in [1.82, 2.24) is 10.2 Å². The van der Waals surface area contributed by atoms with Crippen molar-refractivity contribution >= 4 is 49.7 Å². The summed E-state index contributed by atoms with van der Waals surface area (Å²) in [7, 11) is 0. The molecule has 7 rings (SSSR count). The van der Waals surface area contributed by atoms with Gasteiger partial charge in [-0.1, -0.05) is 57.6 Å². The topological polar surface area (TPSA) is 79.4 Å². The minimum Gasteiger partial charge on any atom is -0.456 e. The van der Waals surface area contributed by atoms with Gasteiger partial charge in [0, 0.05) is 68.9 Å². The molecular weight excluding hydrogens is 622 g/mol. The number of halogens is 1. The number of aromatic nitrogens is 2. The number of nitrogens with zero attached hydrogens (tertiary/aromatic N) is 3.